The number of fused-ring (bicyclic) bond motifs is 1. The quantitative estimate of drug-likeness (QED) is 0.805. The molecule has 142 valence electrons. The van der Waals surface area contributed by atoms with Crippen LogP contribution >= 0.6 is 11.8 Å². The number of hydrogen-bond donors (Lipinski definition) is 0. The second-order valence-electron chi connectivity index (χ2n) is 7.47. The van der Waals surface area contributed by atoms with E-state index in [0.29, 0.717) is 13.0 Å². The van der Waals surface area contributed by atoms with Crippen LogP contribution in [0.25, 0.3) is 0 Å². The molecule has 0 aliphatic carbocycles. The van der Waals surface area contributed by atoms with Crippen molar-refractivity contribution < 1.29 is 9.59 Å². The molecule has 1 unspecified atom stereocenters. The number of thioether (sulfide) groups is 1. The van der Waals surface area contributed by atoms with Crippen LogP contribution in [0.15, 0.2) is 0 Å². The van der Waals surface area contributed by atoms with Crippen LogP contribution in [0, 0.1) is 0 Å². The molecule has 0 spiro atoms. The zero-order valence-corrected chi connectivity index (χ0v) is 16.0. The van der Waals surface area contributed by atoms with Gasteiger partial charge in [0.15, 0.2) is 0 Å². The summed E-state index contributed by atoms with van der Waals surface area (Å²) >= 11 is 1.35. The molecule has 0 radical (unpaired) electrons. The molecule has 2 saturated heterocycles. The number of carbonyl (C=O) groups excluding carboxylic acids is 2. The Kier molecular flexibility index (Phi) is 5.47. The molecular formula is C18H27N5O2S. The SMILES string of the molecule is O=C(CCN1CCSC1=O)N1CCCC(c2nnc3n2CCCCC3)C1. The molecule has 2 fully saturated rings. The average molecular weight is 378 g/mol. The maximum atomic E-state index is 12.7. The van der Waals surface area contributed by atoms with Crippen LogP contribution < -0.4 is 0 Å². The van der Waals surface area contributed by atoms with Gasteiger partial charge in [-0.25, -0.2) is 0 Å². The average Bonchev–Trinajstić information content (AvgIpc) is 3.18. The van der Waals surface area contributed by atoms with Gasteiger partial charge in [-0.2, -0.15) is 0 Å². The van der Waals surface area contributed by atoms with Crippen molar-refractivity contribution in [3.05, 3.63) is 11.6 Å². The van der Waals surface area contributed by atoms with Crippen molar-refractivity contribution in [2.75, 3.05) is 31.9 Å². The minimum atomic E-state index is 0.112. The minimum absolute atomic E-state index is 0.112. The molecule has 1 atom stereocenters. The summed E-state index contributed by atoms with van der Waals surface area (Å²) in [5.41, 5.74) is 0. The Hall–Kier alpha value is -1.57. The van der Waals surface area contributed by atoms with Gasteiger partial charge >= 0.3 is 0 Å². The predicted octanol–water partition coefficient (Wildman–Crippen LogP) is 2.27. The number of carbonyl (C=O) groups is 2. The smallest absolute Gasteiger partial charge is 0.281 e. The number of hydrogen-bond acceptors (Lipinski definition) is 5. The lowest BCUT2D eigenvalue weighted by Crippen LogP contribution is -2.41. The van der Waals surface area contributed by atoms with E-state index in [0.717, 1.165) is 62.8 Å². The monoisotopic (exact) mass is 377 g/mol. The normalized spacial score (nSPS) is 23.8. The molecule has 0 bridgehead atoms. The standard InChI is InChI=1S/C18H27N5O2S/c24-16(7-10-21-11-12-26-18(21)25)22-8-4-5-14(13-22)17-20-19-15-6-2-1-3-9-23(15)17/h14H,1-13H2. The molecule has 4 heterocycles. The van der Waals surface area contributed by atoms with Crippen LogP contribution in [0.5, 0.6) is 0 Å². The van der Waals surface area contributed by atoms with E-state index >= 15 is 0 Å². The first-order valence-electron chi connectivity index (χ1n) is 9.84. The van der Waals surface area contributed by atoms with E-state index in [9.17, 15) is 9.59 Å². The second kappa shape index (κ2) is 7.98. The van der Waals surface area contributed by atoms with Crippen molar-refractivity contribution in [1.82, 2.24) is 24.6 Å². The molecule has 0 aromatic carbocycles. The highest BCUT2D eigenvalue weighted by molar-refractivity contribution is 8.13. The van der Waals surface area contributed by atoms with E-state index in [-0.39, 0.29) is 17.1 Å². The number of rotatable bonds is 4. The molecule has 3 aliphatic heterocycles. The molecule has 2 amide bonds. The molecule has 7 nitrogen and oxygen atoms in total. The maximum Gasteiger partial charge on any atom is 0.281 e. The molecule has 3 aliphatic rings. The van der Waals surface area contributed by atoms with Gasteiger partial charge in [0, 0.05) is 57.2 Å². The van der Waals surface area contributed by atoms with Gasteiger partial charge in [-0.1, -0.05) is 18.2 Å². The van der Waals surface area contributed by atoms with Gasteiger partial charge < -0.3 is 14.4 Å². The zero-order valence-electron chi connectivity index (χ0n) is 15.2. The summed E-state index contributed by atoms with van der Waals surface area (Å²) in [5, 5.41) is 9.03. The number of piperidine rings is 1. The summed E-state index contributed by atoms with van der Waals surface area (Å²) in [6, 6.07) is 0. The third-order valence-corrected chi connectivity index (χ3v) is 6.61. The number of likely N-dealkylation sites (tertiary alicyclic amines) is 1. The van der Waals surface area contributed by atoms with Gasteiger partial charge in [0.1, 0.15) is 11.6 Å². The fraction of sp³-hybridized carbons (Fsp3) is 0.778. The summed E-state index contributed by atoms with van der Waals surface area (Å²) in [7, 11) is 0. The lowest BCUT2D eigenvalue weighted by molar-refractivity contribution is -0.132. The van der Waals surface area contributed by atoms with Crippen molar-refractivity contribution in [2.24, 2.45) is 0 Å². The number of nitrogens with zero attached hydrogens (tertiary/aromatic N) is 5. The summed E-state index contributed by atoms with van der Waals surface area (Å²) in [6.07, 6.45) is 7.17. The predicted molar refractivity (Wildman–Crippen MR) is 100 cm³/mol. The molecule has 8 heteroatoms. The molecule has 4 rings (SSSR count). The van der Waals surface area contributed by atoms with E-state index in [2.05, 4.69) is 14.8 Å². The number of amides is 2. The van der Waals surface area contributed by atoms with Crippen LogP contribution in [0.4, 0.5) is 4.79 Å². The van der Waals surface area contributed by atoms with Crippen LogP contribution in [0.2, 0.25) is 0 Å². The van der Waals surface area contributed by atoms with Crippen molar-refractivity contribution in [3.63, 3.8) is 0 Å². The lowest BCUT2D eigenvalue weighted by atomic mass is 9.96. The Morgan fingerprint density at radius 1 is 1.12 bits per heavy atom. The highest BCUT2D eigenvalue weighted by Gasteiger charge is 2.30. The molecule has 0 N–H and O–H groups in total. The molecular weight excluding hydrogens is 350 g/mol. The molecule has 1 aromatic heterocycles. The first-order valence-corrected chi connectivity index (χ1v) is 10.8. The summed E-state index contributed by atoms with van der Waals surface area (Å²) in [6.45, 7) is 3.88. The van der Waals surface area contributed by atoms with E-state index in [4.69, 9.17) is 0 Å². The topological polar surface area (TPSA) is 71.3 Å². The Bertz CT molecular complexity index is 677. The fourth-order valence-electron chi connectivity index (χ4n) is 4.24. The zero-order chi connectivity index (χ0) is 17.9. The van der Waals surface area contributed by atoms with Crippen LogP contribution in [0.1, 0.15) is 56.1 Å². The molecule has 1 aromatic rings. The van der Waals surface area contributed by atoms with Crippen molar-refractivity contribution in [3.8, 4) is 0 Å². The number of aryl methyl sites for hydroxylation is 1. The number of aromatic nitrogens is 3. The summed E-state index contributed by atoms with van der Waals surface area (Å²) in [4.78, 5) is 28.1. The second-order valence-corrected chi connectivity index (χ2v) is 8.51. The van der Waals surface area contributed by atoms with Crippen molar-refractivity contribution in [1.29, 1.82) is 0 Å². The van der Waals surface area contributed by atoms with Gasteiger partial charge in [0.2, 0.25) is 5.91 Å². The summed E-state index contributed by atoms with van der Waals surface area (Å²) in [5.74, 6) is 3.49. The van der Waals surface area contributed by atoms with E-state index < -0.39 is 0 Å². The highest BCUT2D eigenvalue weighted by Crippen LogP contribution is 2.28. The Balaban J connectivity index is 1.37. The van der Waals surface area contributed by atoms with Crippen molar-refractivity contribution >= 4 is 22.9 Å². The van der Waals surface area contributed by atoms with Crippen LogP contribution in [-0.2, 0) is 17.8 Å². The lowest BCUT2D eigenvalue weighted by Gasteiger charge is -2.33. The molecule has 26 heavy (non-hydrogen) atoms. The Labute approximate surface area is 158 Å². The third-order valence-electron chi connectivity index (χ3n) is 5.72. The Morgan fingerprint density at radius 2 is 2.04 bits per heavy atom. The van der Waals surface area contributed by atoms with Gasteiger partial charge in [-0.15, -0.1) is 10.2 Å². The van der Waals surface area contributed by atoms with Crippen LogP contribution in [-0.4, -0.2) is 67.6 Å². The Morgan fingerprint density at radius 3 is 2.88 bits per heavy atom. The third kappa shape index (κ3) is 3.75. The maximum absolute atomic E-state index is 12.7. The fourth-order valence-corrected chi connectivity index (χ4v) is 5.09. The van der Waals surface area contributed by atoms with Crippen LogP contribution in [0.3, 0.4) is 0 Å². The highest BCUT2D eigenvalue weighted by atomic mass is 32.2. The van der Waals surface area contributed by atoms with E-state index in [1.807, 2.05) is 4.90 Å². The van der Waals surface area contributed by atoms with Gasteiger partial charge in [-0.05, 0) is 25.7 Å². The van der Waals surface area contributed by atoms with Gasteiger partial charge in [0.25, 0.3) is 5.24 Å². The summed E-state index contributed by atoms with van der Waals surface area (Å²) < 4.78 is 2.31. The van der Waals surface area contributed by atoms with E-state index in [1.165, 1.54) is 31.0 Å². The minimum Gasteiger partial charge on any atom is -0.342 e. The van der Waals surface area contributed by atoms with Gasteiger partial charge in [-0.3, -0.25) is 9.59 Å². The van der Waals surface area contributed by atoms with Crippen molar-refractivity contribution in [2.45, 2.75) is 57.4 Å². The first kappa shape index (κ1) is 17.8. The molecule has 0 saturated carbocycles. The van der Waals surface area contributed by atoms with Gasteiger partial charge in [0.05, 0.1) is 0 Å². The van der Waals surface area contributed by atoms with E-state index in [1.54, 1.807) is 4.90 Å². The first-order chi connectivity index (χ1) is 12.7. The largest absolute Gasteiger partial charge is 0.342 e.